The van der Waals surface area contributed by atoms with E-state index >= 15 is 0 Å². The average molecular weight is 488 g/mol. The third-order valence-corrected chi connectivity index (χ3v) is 6.58. The molecule has 7 heteroatoms. The van der Waals surface area contributed by atoms with Gasteiger partial charge in [-0.2, -0.15) is 0 Å². The summed E-state index contributed by atoms with van der Waals surface area (Å²) in [6.45, 7) is 4.80. The topological polar surface area (TPSA) is 89.2 Å². The van der Waals surface area contributed by atoms with E-state index in [0.29, 0.717) is 35.7 Å². The van der Waals surface area contributed by atoms with Crippen molar-refractivity contribution in [1.29, 1.82) is 0 Å². The molecule has 1 aromatic heterocycles. The smallest absolute Gasteiger partial charge is 0.296 e. The molecule has 2 aromatic carbocycles. The first-order chi connectivity index (χ1) is 17.5. The van der Waals surface area contributed by atoms with E-state index in [1.54, 1.807) is 24.3 Å². The van der Waals surface area contributed by atoms with Gasteiger partial charge in [0.1, 0.15) is 29.1 Å². The number of carbonyl (C=O) groups is 2. The number of likely N-dealkylation sites (tertiary alicyclic amines) is 1. The third kappa shape index (κ3) is 4.49. The normalized spacial score (nSPS) is 20.4. The fraction of sp³-hybridized carbons (Fsp3) is 0.310. The van der Waals surface area contributed by atoms with Gasteiger partial charge in [0.05, 0.1) is 31.0 Å². The summed E-state index contributed by atoms with van der Waals surface area (Å²) in [6, 6.07) is 15.4. The van der Waals surface area contributed by atoms with Crippen LogP contribution in [-0.2, 0) is 22.6 Å². The van der Waals surface area contributed by atoms with Crippen LogP contribution in [0.15, 0.2) is 70.9 Å². The van der Waals surface area contributed by atoms with Crippen molar-refractivity contribution in [3.8, 4) is 11.5 Å². The first kappa shape index (κ1) is 23.7. The Balaban J connectivity index is 1.55. The Morgan fingerprint density at radius 2 is 1.94 bits per heavy atom. The van der Waals surface area contributed by atoms with Crippen molar-refractivity contribution in [3.63, 3.8) is 0 Å². The molecule has 36 heavy (non-hydrogen) atoms. The van der Waals surface area contributed by atoms with Crippen LogP contribution < -0.4 is 9.47 Å². The number of hydrogen-bond acceptors (Lipinski definition) is 6. The second-order valence-corrected chi connectivity index (χ2v) is 9.23. The standard InChI is InChI=1S/C29H29NO6/c1-3-4-13-34-22-10-7-19(8-11-22)26-25(28(32)29(33)30(26)17-23-6-5-14-35-23)27(31)20-9-12-24-21(16-20)15-18(2)36-24/h5-12,14,16,18,26,31H,3-4,13,15,17H2,1-2H3/b27-25+. The molecule has 7 nitrogen and oxygen atoms in total. The Bertz CT molecular complexity index is 1290. The van der Waals surface area contributed by atoms with Crippen molar-refractivity contribution in [2.24, 2.45) is 0 Å². The molecule has 3 heterocycles. The van der Waals surface area contributed by atoms with Crippen molar-refractivity contribution in [1.82, 2.24) is 4.90 Å². The van der Waals surface area contributed by atoms with E-state index in [1.165, 1.54) is 11.2 Å². The second kappa shape index (κ2) is 9.93. The summed E-state index contributed by atoms with van der Waals surface area (Å²) in [6.07, 6.45) is 4.28. The summed E-state index contributed by atoms with van der Waals surface area (Å²) in [7, 11) is 0. The molecule has 0 saturated carbocycles. The van der Waals surface area contributed by atoms with Crippen LogP contribution >= 0.6 is 0 Å². The zero-order chi connectivity index (χ0) is 25.2. The first-order valence-electron chi connectivity index (χ1n) is 12.3. The van der Waals surface area contributed by atoms with E-state index < -0.39 is 17.7 Å². The SMILES string of the molecule is CCCCOc1ccc(C2/C(=C(\O)c3ccc4c(c3)CC(C)O4)C(=O)C(=O)N2Cc2ccco2)cc1. The van der Waals surface area contributed by atoms with Crippen LogP contribution in [0, 0.1) is 0 Å². The molecule has 2 aliphatic rings. The number of benzene rings is 2. The van der Waals surface area contributed by atoms with Gasteiger partial charge in [-0.25, -0.2) is 0 Å². The van der Waals surface area contributed by atoms with Crippen LogP contribution in [0.1, 0.15) is 55.2 Å². The maximum atomic E-state index is 13.3. The number of carbonyl (C=O) groups excluding carboxylic acids is 2. The van der Waals surface area contributed by atoms with Gasteiger partial charge in [-0.1, -0.05) is 25.5 Å². The van der Waals surface area contributed by atoms with Gasteiger partial charge >= 0.3 is 0 Å². The minimum Gasteiger partial charge on any atom is -0.507 e. The van der Waals surface area contributed by atoms with E-state index in [-0.39, 0.29) is 24.0 Å². The maximum absolute atomic E-state index is 13.3. The van der Waals surface area contributed by atoms with E-state index in [0.717, 1.165) is 24.2 Å². The van der Waals surface area contributed by atoms with E-state index in [9.17, 15) is 14.7 Å². The highest BCUT2D eigenvalue weighted by atomic mass is 16.5. The molecule has 186 valence electrons. The number of fused-ring (bicyclic) bond motifs is 1. The lowest BCUT2D eigenvalue weighted by molar-refractivity contribution is -0.140. The molecular formula is C29H29NO6. The quantitative estimate of drug-likeness (QED) is 0.198. The van der Waals surface area contributed by atoms with Gasteiger partial charge in [-0.05, 0) is 66.9 Å². The molecule has 0 radical (unpaired) electrons. The number of Topliss-reactive ketones (excluding diaryl/α,β-unsaturated/α-hetero) is 1. The van der Waals surface area contributed by atoms with Crippen LogP contribution in [0.5, 0.6) is 11.5 Å². The van der Waals surface area contributed by atoms with Gasteiger partial charge in [-0.3, -0.25) is 9.59 Å². The Kier molecular flexibility index (Phi) is 6.55. The summed E-state index contributed by atoms with van der Waals surface area (Å²) >= 11 is 0. The molecule has 3 aromatic rings. The molecule has 1 fully saturated rings. The largest absolute Gasteiger partial charge is 0.507 e. The zero-order valence-corrected chi connectivity index (χ0v) is 20.4. The first-order valence-corrected chi connectivity index (χ1v) is 12.3. The lowest BCUT2D eigenvalue weighted by Gasteiger charge is -2.24. The van der Waals surface area contributed by atoms with Crippen LogP contribution in [0.3, 0.4) is 0 Å². The monoisotopic (exact) mass is 487 g/mol. The van der Waals surface area contributed by atoms with Crippen LogP contribution in [-0.4, -0.2) is 34.4 Å². The summed E-state index contributed by atoms with van der Waals surface area (Å²) in [5.41, 5.74) is 2.19. The molecule has 2 aliphatic heterocycles. The van der Waals surface area contributed by atoms with Gasteiger partial charge in [0.15, 0.2) is 0 Å². The summed E-state index contributed by atoms with van der Waals surface area (Å²) in [5.74, 6) is 0.420. The van der Waals surface area contributed by atoms with Crippen molar-refractivity contribution in [3.05, 3.63) is 88.9 Å². The van der Waals surface area contributed by atoms with E-state index in [2.05, 4.69) is 6.92 Å². The highest BCUT2D eigenvalue weighted by Gasteiger charge is 2.46. The predicted octanol–water partition coefficient (Wildman–Crippen LogP) is 5.40. The minimum atomic E-state index is -0.775. The molecular weight excluding hydrogens is 458 g/mol. The minimum absolute atomic E-state index is 0.0503. The van der Waals surface area contributed by atoms with Gasteiger partial charge in [0, 0.05) is 12.0 Å². The molecule has 1 N–H and O–H groups in total. The number of unbranched alkanes of at least 4 members (excludes halogenated alkanes) is 1. The molecule has 0 bridgehead atoms. The van der Waals surface area contributed by atoms with Crippen molar-refractivity contribution >= 4 is 17.4 Å². The number of nitrogens with zero attached hydrogens (tertiary/aromatic N) is 1. The average Bonchev–Trinajstić information content (AvgIpc) is 3.58. The van der Waals surface area contributed by atoms with Crippen LogP contribution in [0.4, 0.5) is 0 Å². The van der Waals surface area contributed by atoms with Gasteiger partial charge in [-0.15, -0.1) is 0 Å². The molecule has 1 saturated heterocycles. The fourth-order valence-electron chi connectivity index (χ4n) is 4.77. The fourth-order valence-corrected chi connectivity index (χ4v) is 4.77. The molecule has 2 atom stereocenters. The number of hydrogen-bond donors (Lipinski definition) is 1. The highest BCUT2D eigenvalue weighted by molar-refractivity contribution is 6.46. The molecule has 0 spiro atoms. The number of aliphatic hydroxyl groups is 1. The molecule has 1 amide bonds. The summed E-state index contributed by atoms with van der Waals surface area (Å²) in [4.78, 5) is 27.9. The number of furan rings is 1. The Labute approximate surface area is 209 Å². The van der Waals surface area contributed by atoms with Crippen molar-refractivity contribution in [2.75, 3.05) is 6.61 Å². The molecule has 0 aliphatic carbocycles. The molecule has 5 rings (SSSR count). The Morgan fingerprint density at radius 3 is 2.67 bits per heavy atom. The van der Waals surface area contributed by atoms with Crippen LogP contribution in [0.25, 0.3) is 5.76 Å². The zero-order valence-electron chi connectivity index (χ0n) is 20.4. The number of rotatable bonds is 8. The van der Waals surface area contributed by atoms with E-state index in [1.807, 2.05) is 37.3 Å². The Morgan fingerprint density at radius 1 is 1.14 bits per heavy atom. The van der Waals surface area contributed by atoms with Crippen LogP contribution in [0.2, 0.25) is 0 Å². The number of aliphatic hydroxyl groups excluding tert-OH is 1. The van der Waals surface area contributed by atoms with Crippen molar-refractivity contribution < 1.29 is 28.6 Å². The number of ether oxygens (including phenoxy) is 2. The van der Waals surface area contributed by atoms with E-state index in [4.69, 9.17) is 13.9 Å². The maximum Gasteiger partial charge on any atom is 0.296 e. The lowest BCUT2D eigenvalue weighted by atomic mass is 9.94. The summed E-state index contributed by atoms with van der Waals surface area (Å²) in [5, 5.41) is 11.4. The molecule has 2 unspecified atom stereocenters. The van der Waals surface area contributed by atoms with Gasteiger partial charge < -0.3 is 23.9 Å². The van der Waals surface area contributed by atoms with Gasteiger partial charge in [0.2, 0.25) is 0 Å². The highest BCUT2D eigenvalue weighted by Crippen LogP contribution is 2.41. The Hall–Kier alpha value is -4.00. The predicted molar refractivity (Wildman–Crippen MR) is 134 cm³/mol. The lowest BCUT2D eigenvalue weighted by Crippen LogP contribution is -2.29. The second-order valence-electron chi connectivity index (χ2n) is 9.23. The summed E-state index contributed by atoms with van der Waals surface area (Å²) < 4.78 is 17.0. The van der Waals surface area contributed by atoms with Gasteiger partial charge in [0.25, 0.3) is 11.7 Å². The number of amides is 1. The third-order valence-electron chi connectivity index (χ3n) is 6.58. The number of ketones is 1. The van der Waals surface area contributed by atoms with Crippen molar-refractivity contribution in [2.45, 2.75) is 51.8 Å².